The van der Waals surface area contributed by atoms with Gasteiger partial charge in [-0.05, 0) is 12.0 Å². The third-order valence-corrected chi connectivity index (χ3v) is 6.51. The van der Waals surface area contributed by atoms with Gasteiger partial charge in [-0.3, -0.25) is 4.18 Å². The Morgan fingerprint density at radius 1 is 0.655 bits per heavy atom. The molecule has 0 aliphatic heterocycles. The standard InChI is InChI=1S/C24H42O3S.Co/c1-2-3-4-5-6-7-8-9-10-11-12-13-14-15-19-22-28(25,26)27-23-24-20-17-16-18-21-24;/h16-18,20-21H,2-15,19,22-23H2,1H3;. The molecule has 5 heteroatoms. The summed E-state index contributed by atoms with van der Waals surface area (Å²) in [5, 5.41) is 0. The maximum absolute atomic E-state index is 11.9. The summed E-state index contributed by atoms with van der Waals surface area (Å²) < 4.78 is 28.9. The van der Waals surface area contributed by atoms with Gasteiger partial charge in [0.15, 0.2) is 0 Å². The van der Waals surface area contributed by atoms with Gasteiger partial charge in [0.05, 0.1) is 12.4 Å². The predicted octanol–water partition coefficient (Wildman–Crippen LogP) is 7.40. The third-order valence-electron chi connectivity index (χ3n) is 5.25. The van der Waals surface area contributed by atoms with E-state index in [0.29, 0.717) is 6.42 Å². The van der Waals surface area contributed by atoms with Crippen LogP contribution in [0, 0.1) is 0 Å². The zero-order chi connectivity index (χ0) is 20.3. The first kappa shape index (κ1) is 28.6. The molecule has 0 bridgehead atoms. The van der Waals surface area contributed by atoms with Gasteiger partial charge in [-0.15, -0.1) is 0 Å². The van der Waals surface area contributed by atoms with Gasteiger partial charge < -0.3 is 0 Å². The molecule has 0 fully saturated rings. The van der Waals surface area contributed by atoms with Gasteiger partial charge in [0.1, 0.15) is 0 Å². The SMILES string of the molecule is CCCCCCCCCCCCCCCCCS(=O)(=O)OCc1ccccc1.[Co]. The van der Waals surface area contributed by atoms with Crippen LogP contribution in [0.4, 0.5) is 0 Å². The fourth-order valence-electron chi connectivity index (χ4n) is 3.44. The Hall–Kier alpha value is -0.364. The molecule has 0 aromatic heterocycles. The zero-order valence-corrected chi connectivity index (χ0v) is 20.2. The molecule has 0 atom stereocenters. The quantitative estimate of drug-likeness (QED) is 0.157. The van der Waals surface area contributed by atoms with Gasteiger partial charge in [0.25, 0.3) is 10.1 Å². The number of unbranched alkanes of at least 4 members (excludes halogenated alkanes) is 14. The maximum Gasteiger partial charge on any atom is 0.267 e. The average Bonchev–Trinajstić information content (AvgIpc) is 2.70. The van der Waals surface area contributed by atoms with E-state index in [1.54, 1.807) is 0 Å². The van der Waals surface area contributed by atoms with Crippen molar-refractivity contribution >= 4 is 10.1 Å². The summed E-state index contributed by atoms with van der Waals surface area (Å²) in [4.78, 5) is 0. The first-order valence-corrected chi connectivity index (χ1v) is 13.1. The maximum atomic E-state index is 11.9. The molecule has 0 aliphatic rings. The molecule has 1 aromatic rings. The molecule has 0 saturated heterocycles. The number of hydrogen-bond acceptors (Lipinski definition) is 3. The van der Waals surface area contributed by atoms with Crippen LogP contribution in [0.1, 0.15) is 109 Å². The Balaban J connectivity index is 0.00000784. The second kappa shape index (κ2) is 19.6. The van der Waals surface area contributed by atoms with E-state index in [-0.39, 0.29) is 29.1 Å². The van der Waals surface area contributed by atoms with Crippen LogP contribution in [0.25, 0.3) is 0 Å². The molecule has 1 radical (unpaired) electrons. The van der Waals surface area contributed by atoms with E-state index in [9.17, 15) is 8.42 Å². The monoisotopic (exact) mass is 469 g/mol. The predicted molar refractivity (Wildman–Crippen MR) is 120 cm³/mol. The van der Waals surface area contributed by atoms with Gasteiger partial charge in [-0.2, -0.15) is 8.42 Å². The summed E-state index contributed by atoms with van der Waals surface area (Å²) in [6.07, 6.45) is 19.2. The third kappa shape index (κ3) is 18.1. The van der Waals surface area contributed by atoms with E-state index < -0.39 is 10.1 Å². The minimum absolute atomic E-state index is 0. The first-order chi connectivity index (χ1) is 13.6. The van der Waals surface area contributed by atoms with Gasteiger partial charge in [-0.25, -0.2) is 0 Å². The second-order valence-corrected chi connectivity index (χ2v) is 9.72. The Labute approximate surface area is 190 Å². The van der Waals surface area contributed by atoms with Gasteiger partial charge in [0, 0.05) is 16.8 Å². The van der Waals surface area contributed by atoms with Crippen molar-refractivity contribution < 1.29 is 29.4 Å². The van der Waals surface area contributed by atoms with E-state index in [1.165, 1.54) is 77.0 Å². The molecular formula is C24H42CoO3S. The molecule has 1 aromatic carbocycles. The van der Waals surface area contributed by atoms with E-state index >= 15 is 0 Å². The zero-order valence-electron chi connectivity index (χ0n) is 18.4. The van der Waals surface area contributed by atoms with Crippen LogP contribution < -0.4 is 0 Å². The molecule has 0 N–H and O–H groups in total. The number of rotatable bonds is 19. The summed E-state index contributed by atoms with van der Waals surface area (Å²) in [5.41, 5.74) is 0.891. The summed E-state index contributed by atoms with van der Waals surface area (Å²) in [6, 6.07) is 9.44. The van der Waals surface area contributed by atoms with Gasteiger partial charge in [-0.1, -0.05) is 127 Å². The Morgan fingerprint density at radius 3 is 1.52 bits per heavy atom. The van der Waals surface area contributed by atoms with Crippen LogP contribution in [0.3, 0.4) is 0 Å². The van der Waals surface area contributed by atoms with Crippen molar-refractivity contribution in [1.82, 2.24) is 0 Å². The van der Waals surface area contributed by atoms with E-state index in [0.717, 1.165) is 18.4 Å². The van der Waals surface area contributed by atoms with Crippen molar-refractivity contribution in [2.45, 2.75) is 110 Å². The van der Waals surface area contributed by atoms with Crippen LogP contribution in [-0.4, -0.2) is 14.2 Å². The smallest absolute Gasteiger partial charge is 0.265 e. The minimum Gasteiger partial charge on any atom is -0.265 e. The molecule has 1 rings (SSSR count). The fourth-order valence-corrected chi connectivity index (χ4v) is 4.43. The minimum atomic E-state index is -3.40. The molecular weight excluding hydrogens is 427 g/mol. The van der Waals surface area contributed by atoms with Crippen molar-refractivity contribution in [2.75, 3.05) is 5.75 Å². The molecule has 3 nitrogen and oxygen atoms in total. The molecule has 0 heterocycles. The summed E-state index contributed by atoms with van der Waals surface area (Å²) >= 11 is 0. The van der Waals surface area contributed by atoms with Crippen LogP contribution in [0.5, 0.6) is 0 Å². The van der Waals surface area contributed by atoms with E-state index in [2.05, 4.69) is 6.92 Å². The van der Waals surface area contributed by atoms with Crippen molar-refractivity contribution in [3.8, 4) is 0 Å². The van der Waals surface area contributed by atoms with Crippen molar-refractivity contribution in [1.29, 1.82) is 0 Å². The molecule has 0 unspecified atom stereocenters. The molecule has 0 saturated carbocycles. The molecule has 0 aliphatic carbocycles. The normalized spacial score (nSPS) is 11.3. The largest absolute Gasteiger partial charge is 0.267 e. The van der Waals surface area contributed by atoms with Gasteiger partial charge >= 0.3 is 0 Å². The summed E-state index contributed by atoms with van der Waals surface area (Å²) in [7, 11) is -3.40. The number of hydrogen-bond donors (Lipinski definition) is 0. The summed E-state index contributed by atoms with van der Waals surface area (Å²) in [6.45, 7) is 2.41. The molecule has 0 amide bonds. The van der Waals surface area contributed by atoms with Crippen molar-refractivity contribution in [2.24, 2.45) is 0 Å². The molecule has 0 spiro atoms. The average molecular weight is 470 g/mol. The van der Waals surface area contributed by atoms with Crippen molar-refractivity contribution in [3.63, 3.8) is 0 Å². The molecule has 171 valence electrons. The molecule has 29 heavy (non-hydrogen) atoms. The Morgan fingerprint density at radius 2 is 1.07 bits per heavy atom. The van der Waals surface area contributed by atoms with Crippen LogP contribution in [0.15, 0.2) is 30.3 Å². The van der Waals surface area contributed by atoms with Crippen LogP contribution in [0.2, 0.25) is 0 Å². The summed E-state index contributed by atoms with van der Waals surface area (Å²) in [5.74, 6) is 0.137. The van der Waals surface area contributed by atoms with Crippen LogP contribution in [-0.2, 0) is 37.7 Å². The first-order valence-electron chi connectivity index (χ1n) is 11.5. The topological polar surface area (TPSA) is 43.4 Å². The van der Waals surface area contributed by atoms with Gasteiger partial charge in [0.2, 0.25) is 0 Å². The second-order valence-electron chi connectivity index (χ2n) is 7.96. The van der Waals surface area contributed by atoms with Crippen molar-refractivity contribution in [3.05, 3.63) is 35.9 Å². The Kier molecular flexibility index (Phi) is 19.3. The van der Waals surface area contributed by atoms with Crippen LogP contribution >= 0.6 is 0 Å². The number of benzene rings is 1. The van der Waals surface area contributed by atoms with E-state index in [4.69, 9.17) is 4.18 Å². The van der Waals surface area contributed by atoms with E-state index in [1.807, 2.05) is 30.3 Å². The fraction of sp³-hybridized carbons (Fsp3) is 0.750. The Bertz CT molecular complexity index is 561.